The van der Waals surface area contributed by atoms with Crippen molar-refractivity contribution in [1.29, 1.82) is 0 Å². The molecule has 0 aliphatic carbocycles. The van der Waals surface area contributed by atoms with E-state index >= 15 is 0 Å². The second-order valence-corrected chi connectivity index (χ2v) is 8.41. The Kier molecular flexibility index (Phi) is 6.51. The van der Waals surface area contributed by atoms with Crippen LogP contribution >= 0.6 is 0 Å². The first-order valence-corrected chi connectivity index (χ1v) is 10.7. The predicted molar refractivity (Wildman–Crippen MR) is 120 cm³/mol. The standard InChI is InChI=1S/C25H29N3O3/c1-18-13-27(15-20-5-9-23(10-6-20)25(29)26-30)14-19(2)28(18)16-21-3-7-22(8-4-21)24-11-12-31-17-24/h3-12,17-19,30H,13-16H2,1-2H3,(H,26,29). The number of amides is 1. The van der Waals surface area contributed by atoms with Crippen LogP contribution in [0.1, 0.15) is 35.3 Å². The topological polar surface area (TPSA) is 69.0 Å². The Labute approximate surface area is 183 Å². The number of nitrogens with zero attached hydrogens (tertiary/aromatic N) is 2. The van der Waals surface area contributed by atoms with E-state index in [2.05, 4.69) is 47.9 Å². The second-order valence-electron chi connectivity index (χ2n) is 8.41. The molecule has 1 aromatic heterocycles. The molecule has 6 heteroatoms. The van der Waals surface area contributed by atoms with Gasteiger partial charge in [-0.2, -0.15) is 0 Å². The Morgan fingerprint density at radius 1 is 0.935 bits per heavy atom. The molecule has 2 heterocycles. The molecule has 1 amide bonds. The number of hydrogen-bond acceptors (Lipinski definition) is 5. The summed E-state index contributed by atoms with van der Waals surface area (Å²) in [5.74, 6) is -0.486. The van der Waals surface area contributed by atoms with Crippen LogP contribution in [0, 0.1) is 0 Å². The monoisotopic (exact) mass is 419 g/mol. The number of nitrogens with one attached hydrogen (secondary N) is 1. The van der Waals surface area contributed by atoms with E-state index in [9.17, 15) is 4.79 Å². The molecule has 6 nitrogen and oxygen atoms in total. The third-order valence-corrected chi connectivity index (χ3v) is 6.07. The van der Waals surface area contributed by atoms with Crippen molar-refractivity contribution in [3.05, 3.63) is 83.8 Å². The molecule has 2 N–H and O–H groups in total. The van der Waals surface area contributed by atoms with Crippen molar-refractivity contribution >= 4 is 5.91 Å². The first-order valence-electron chi connectivity index (χ1n) is 10.7. The maximum absolute atomic E-state index is 11.5. The van der Waals surface area contributed by atoms with E-state index in [1.165, 1.54) is 11.1 Å². The van der Waals surface area contributed by atoms with Crippen molar-refractivity contribution in [2.24, 2.45) is 0 Å². The largest absolute Gasteiger partial charge is 0.472 e. The fourth-order valence-corrected chi connectivity index (χ4v) is 4.43. The lowest BCUT2D eigenvalue weighted by Crippen LogP contribution is -2.55. The van der Waals surface area contributed by atoms with Gasteiger partial charge >= 0.3 is 0 Å². The van der Waals surface area contributed by atoms with Crippen LogP contribution in [0.15, 0.2) is 71.5 Å². The zero-order valence-corrected chi connectivity index (χ0v) is 18.0. The SMILES string of the molecule is CC1CN(Cc2ccc(C(=O)NO)cc2)CC(C)N1Cc1ccc(-c2ccoc2)cc1. The number of benzene rings is 2. The van der Waals surface area contributed by atoms with Gasteiger partial charge in [-0.05, 0) is 48.7 Å². The van der Waals surface area contributed by atoms with Crippen LogP contribution in [0.2, 0.25) is 0 Å². The van der Waals surface area contributed by atoms with Crippen LogP contribution in [-0.4, -0.2) is 46.1 Å². The summed E-state index contributed by atoms with van der Waals surface area (Å²) in [5, 5.41) is 8.75. The van der Waals surface area contributed by atoms with Crippen molar-refractivity contribution in [2.75, 3.05) is 13.1 Å². The third-order valence-electron chi connectivity index (χ3n) is 6.07. The average Bonchev–Trinajstić information content (AvgIpc) is 3.32. The van der Waals surface area contributed by atoms with Gasteiger partial charge in [-0.25, -0.2) is 5.48 Å². The summed E-state index contributed by atoms with van der Waals surface area (Å²) in [6.07, 6.45) is 3.47. The molecule has 3 aromatic rings. The van der Waals surface area contributed by atoms with Crippen LogP contribution < -0.4 is 5.48 Å². The molecule has 1 aliphatic rings. The highest BCUT2D eigenvalue weighted by Crippen LogP contribution is 2.24. The zero-order chi connectivity index (χ0) is 21.8. The Morgan fingerprint density at radius 3 is 2.13 bits per heavy atom. The average molecular weight is 420 g/mol. The van der Waals surface area contributed by atoms with Gasteiger partial charge in [-0.3, -0.25) is 19.8 Å². The van der Waals surface area contributed by atoms with Gasteiger partial charge in [0.1, 0.15) is 0 Å². The lowest BCUT2D eigenvalue weighted by Gasteiger charge is -2.44. The molecular weight excluding hydrogens is 390 g/mol. The highest BCUT2D eigenvalue weighted by Gasteiger charge is 2.29. The van der Waals surface area contributed by atoms with Gasteiger partial charge in [0.05, 0.1) is 12.5 Å². The third kappa shape index (κ3) is 5.05. The van der Waals surface area contributed by atoms with Crippen molar-refractivity contribution < 1.29 is 14.4 Å². The molecule has 4 rings (SSSR count). The molecule has 0 bridgehead atoms. The number of rotatable bonds is 6. The highest BCUT2D eigenvalue weighted by molar-refractivity contribution is 5.93. The summed E-state index contributed by atoms with van der Waals surface area (Å²) < 4.78 is 5.18. The first-order chi connectivity index (χ1) is 15.0. The lowest BCUT2D eigenvalue weighted by molar-refractivity contribution is 0.0290. The van der Waals surface area contributed by atoms with Crippen molar-refractivity contribution in [2.45, 2.75) is 39.0 Å². The van der Waals surface area contributed by atoms with Crippen LogP contribution in [0.3, 0.4) is 0 Å². The van der Waals surface area contributed by atoms with E-state index in [0.717, 1.165) is 37.3 Å². The summed E-state index contributed by atoms with van der Waals surface area (Å²) in [5.41, 5.74) is 6.88. The minimum Gasteiger partial charge on any atom is -0.472 e. The quantitative estimate of drug-likeness (QED) is 0.464. The van der Waals surface area contributed by atoms with Crippen molar-refractivity contribution in [1.82, 2.24) is 15.3 Å². The molecule has 0 saturated carbocycles. The Hall–Kier alpha value is -2.93. The van der Waals surface area contributed by atoms with Crippen molar-refractivity contribution in [3.63, 3.8) is 0 Å². The number of hydrogen-bond donors (Lipinski definition) is 2. The van der Waals surface area contributed by atoms with Crippen LogP contribution in [0.25, 0.3) is 11.1 Å². The minimum atomic E-state index is -0.486. The number of hydroxylamine groups is 1. The molecule has 1 fully saturated rings. The van der Waals surface area contributed by atoms with Gasteiger partial charge in [0.25, 0.3) is 5.91 Å². The maximum Gasteiger partial charge on any atom is 0.274 e. The highest BCUT2D eigenvalue weighted by atomic mass is 16.5. The number of carbonyl (C=O) groups is 1. The fraction of sp³-hybridized carbons (Fsp3) is 0.320. The molecule has 0 radical (unpaired) electrons. The predicted octanol–water partition coefficient (Wildman–Crippen LogP) is 4.16. The summed E-state index contributed by atoms with van der Waals surface area (Å²) in [6.45, 7) is 8.36. The summed E-state index contributed by atoms with van der Waals surface area (Å²) in [6, 6.07) is 19.0. The van der Waals surface area contributed by atoms with Gasteiger partial charge in [0.2, 0.25) is 0 Å². The Bertz CT molecular complexity index is 972. The zero-order valence-electron chi connectivity index (χ0n) is 18.0. The van der Waals surface area contributed by atoms with Crippen LogP contribution in [-0.2, 0) is 13.1 Å². The smallest absolute Gasteiger partial charge is 0.274 e. The Morgan fingerprint density at radius 2 is 1.55 bits per heavy atom. The molecule has 31 heavy (non-hydrogen) atoms. The van der Waals surface area contributed by atoms with Crippen molar-refractivity contribution in [3.8, 4) is 11.1 Å². The summed E-state index contributed by atoms with van der Waals surface area (Å²) in [4.78, 5) is 16.5. The molecule has 2 atom stereocenters. The molecule has 0 spiro atoms. The van der Waals surface area contributed by atoms with E-state index < -0.39 is 5.91 Å². The van der Waals surface area contributed by atoms with Gasteiger partial charge in [-0.1, -0.05) is 36.4 Å². The fourth-order valence-electron chi connectivity index (χ4n) is 4.43. The number of furan rings is 1. The molecule has 1 saturated heterocycles. The number of piperazine rings is 1. The maximum atomic E-state index is 11.5. The molecular formula is C25H29N3O3. The van der Waals surface area contributed by atoms with Gasteiger partial charge < -0.3 is 4.42 Å². The van der Waals surface area contributed by atoms with E-state index in [-0.39, 0.29) is 0 Å². The molecule has 162 valence electrons. The molecule has 2 unspecified atom stereocenters. The summed E-state index contributed by atoms with van der Waals surface area (Å²) in [7, 11) is 0. The van der Waals surface area contributed by atoms with E-state index in [1.54, 1.807) is 30.1 Å². The van der Waals surface area contributed by atoms with Gasteiger partial charge in [0, 0.05) is 49.4 Å². The van der Waals surface area contributed by atoms with Gasteiger partial charge in [-0.15, -0.1) is 0 Å². The minimum absolute atomic E-state index is 0.441. The van der Waals surface area contributed by atoms with Crippen LogP contribution in [0.5, 0.6) is 0 Å². The van der Waals surface area contributed by atoms with Crippen LogP contribution in [0.4, 0.5) is 0 Å². The molecule has 2 aromatic carbocycles. The lowest BCUT2D eigenvalue weighted by atomic mass is 10.0. The normalized spacial score (nSPS) is 20.0. The Balaban J connectivity index is 1.35. The number of carbonyl (C=O) groups excluding carboxylic acids is 1. The summed E-state index contributed by atoms with van der Waals surface area (Å²) >= 11 is 0. The van der Waals surface area contributed by atoms with E-state index in [1.807, 2.05) is 18.2 Å². The van der Waals surface area contributed by atoms with E-state index in [4.69, 9.17) is 9.62 Å². The molecule has 1 aliphatic heterocycles. The second kappa shape index (κ2) is 9.47. The van der Waals surface area contributed by atoms with E-state index in [0.29, 0.717) is 17.6 Å². The first kappa shape index (κ1) is 21.3. The van der Waals surface area contributed by atoms with Gasteiger partial charge in [0.15, 0.2) is 0 Å².